The molecule has 5 nitrogen and oxygen atoms in total. The van der Waals surface area contributed by atoms with Gasteiger partial charge in [-0.05, 0) is 19.3 Å². The maximum Gasteiger partial charge on any atom is 0.313 e. The van der Waals surface area contributed by atoms with Crippen LogP contribution in [0.15, 0.2) is 0 Å². The second-order valence-corrected chi connectivity index (χ2v) is 16.9. The lowest BCUT2D eigenvalue weighted by molar-refractivity contribution is -0.159. The lowest BCUT2D eigenvalue weighted by Gasteiger charge is -2.05. The van der Waals surface area contributed by atoms with Crippen LogP contribution in [0, 0.1) is 0 Å². The second-order valence-electron chi connectivity index (χ2n) is 16.9. The number of hydrogen-bond donors (Lipinski definition) is 1. The Hall–Kier alpha value is -1.39. The number of esters is 2. The fourth-order valence-corrected chi connectivity index (χ4v) is 7.45. The molecule has 0 aliphatic rings. The third-order valence-electron chi connectivity index (χ3n) is 11.2. The molecule has 0 aromatic heterocycles. The topological polar surface area (TPSA) is 80.7 Å². The zero-order valence-corrected chi connectivity index (χ0v) is 37.7. The summed E-state index contributed by atoms with van der Waals surface area (Å²) in [6.07, 6.45) is 54.5. The van der Waals surface area contributed by atoms with Crippen LogP contribution in [0.2, 0.25) is 0 Å². The van der Waals surface area contributed by atoms with Crippen molar-refractivity contribution < 1.29 is 24.2 Å². The molecule has 0 rings (SSSR count). The Balaban J connectivity index is 0. The molecule has 0 fully saturated rings. The molecule has 0 aliphatic heterocycles. The van der Waals surface area contributed by atoms with Crippen LogP contribution in [0.1, 0.15) is 303 Å². The van der Waals surface area contributed by atoms with Crippen molar-refractivity contribution in [2.45, 2.75) is 303 Å². The van der Waals surface area contributed by atoms with Gasteiger partial charge in [0, 0.05) is 19.3 Å². The van der Waals surface area contributed by atoms with E-state index >= 15 is 0 Å². The Kier molecular flexibility index (Phi) is 51.3. The third-order valence-corrected chi connectivity index (χ3v) is 11.2. The predicted octanol–water partition coefficient (Wildman–Crippen LogP) is 17.4. The van der Waals surface area contributed by atoms with Gasteiger partial charge in [0.25, 0.3) is 0 Å². The number of carbonyl (C=O) groups excluding carboxylic acids is 2. The van der Waals surface area contributed by atoms with Gasteiger partial charge in [-0.1, -0.05) is 265 Å². The van der Waals surface area contributed by atoms with E-state index in [9.17, 15) is 14.4 Å². The highest BCUT2D eigenvalue weighted by Crippen LogP contribution is 2.16. The molecule has 5 heteroatoms. The number of carboxylic acids is 1. The van der Waals surface area contributed by atoms with E-state index in [4.69, 9.17) is 9.84 Å². The quantitative estimate of drug-likeness (QED) is 0.0378. The highest BCUT2D eigenvalue weighted by atomic mass is 16.6. The van der Waals surface area contributed by atoms with Gasteiger partial charge < -0.3 is 9.84 Å². The summed E-state index contributed by atoms with van der Waals surface area (Å²) in [5, 5.41) is 8.49. The summed E-state index contributed by atoms with van der Waals surface area (Å²) in [7, 11) is 0. The molecule has 328 valence electrons. The van der Waals surface area contributed by atoms with Crippen molar-refractivity contribution in [2.24, 2.45) is 0 Å². The van der Waals surface area contributed by atoms with Crippen LogP contribution in [0.4, 0.5) is 0 Å². The summed E-state index contributed by atoms with van der Waals surface area (Å²) < 4.78 is 5.00. The van der Waals surface area contributed by atoms with Crippen LogP contribution in [-0.2, 0) is 19.1 Å². The maximum atomic E-state index is 11.9. The van der Waals surface area contributed by atoms with Crippen molar-refractivity contribution in [3.05, 3.63) is 0 Å². The van der Waals surface area contributed by atoms with Gasteiger partial charge >= 0.3 is 17.9 Å². The molecule has 1 N–H and O–H groups in total. The number of aliphatic carboxylic acids is 1. The molecule has 0 aliphatic carbocycles. The Labute approximate surface area is 344 Å². The summed E-state index contributed by atoms with van der Waals surface area (Å²) in [6, 6.07) is 0. The summed E-state index contributed by atoms with van der Waals surface area (Å²) >= 11 is 0. The highest BCUT2D eigenvalue weighted by Gasteiger charge is 2.10. The first kappa shape index (κ1) is 55.7. The fourth-order valence-electron chi connectivity index (χ4n) is 7.45. The van der Waals surface area contributed by atoms with Gasteiger partial charge in [-0.2, -0.15) is 0 Å². The fraction of sp³-hybridized carbons (Fsp3) is 0.940. The first-order valence-corrected chi connectivity index (χ1v) is 24.9. The molecule has 0 spiro atoms. The standard InChI is InChI=1S/C34H66O3.C16H32O2/c1-3-5-7-9-11-13-15-17-18-20-22-24-26-28-30-32-34(36)37-33(35)31-29-27-25-23-21-19-16-14-12-10-8-6-4-2;1-2-3-4-5-6-7-8-9-10-11-12-13-14-15-16(17)18/h3-32H2,1-2H3;2-15H2,1H3,(H,17,18). The van der Waals surface area contributed by atoms with Crippen molar-refractivity contribution in [1.29, 1.82) is 0 Å². The summed E-state index contributed by atoms with van der Waals surface area (Å²) in [5.41, 5.74) is 0. The van der Waals surface area contributed by atoms with Crippen molar-refractivity contribution in [3.8, 4) is 0 Å². The SMILES string of the molecule is CCCCCCCCCCCCCCCC(=O)O.CCCCCCCCCCCCCCCCCC(=O)OC(=O)CCCCCCCCCCCCCCC. The minimum absolute atomic E-state index is 0.325. The smallest absolute Gasteiger partial charge is 0.313 e. The number of unbranched alkanes of at least 4 members (excludes halogenated alkanes) is 38. The van der Waals surface area contributed by atoms with Crippen LogP contribution in [0.25, 0.3) is 0 Å². The number of rotatable bonds is 44. The zero-order valence-electron chi connectivity index (χ0n) is 37.7. The van der Waals surface area contributed by atoms with E-state index in [-0.39, 0.29) is 11.9 Å². The van der Waals surface area contributed by atoms with Crippen molar-refractivity contribution >= 4 is 17.9 Å². The molecular weight excluding hydrogens is 681 g/mol. The van der Waals surface area contributed by atoms with Crippen LogP contribution in [0.5, 0.6) is 0 Å². The van der Waals surface area contributed by atoms with Gasteiger partial charge in [-0.25, -0.2) is 0 Å². The van der Waals surface area contributed by atoms with Crippen LogP contribution >= 0.6 is 0 Å². The number of hydrogen-bond acceptors (Lipinski definition) is 4. The molecule has 0 aromatic rings. The minimum atomic E-state index is -0.655. The van der Waals surface area contributed by atoms with Crippen LogP contribution < -0.4 is 0 Å². The molecule has 0 saturated carbocycles. The van der Waals surface area contributed by atoms with E-state index in [0.29, 0.717) is 19.3 Å². The van der Waals surface area contributed by atoms with E-state index in [1.807, 2.05) is 0 Å². The molecule has 0 amide bonds. The Bertz CT molecular complexity index is 765. The van der Waals surface area contributed by atoms with E-state index in [1.165, 1.54) is 225 Å². The first-order valence-electron chi connectivity index (χ1n) is 24.9. The molecule has 0 radical (unpaired) electrons. The Morgan fingerprint density at radius 3 is 0.618 bits per heavy atom. The van der Waals surface area contributed by atoms with Crippen molar-refractivity contribution in [3.63, 3.8) is 0 Å². The van der Waals surface area contributed by atoms with E-state index in [2.05, 4.69) is 20.8 Å². The molecular formula is C50H98O5. The summed E-state index contributed by atoms with van der Waals surface area (Å²) in [4.78, 5) is 34.1. The normalized spacial score (nSPS) is 11.0. The average Bonchev–Trinajstić information content (AvgIpc) is 3.17. The zero-order chi connectivity index (χ0) is 40.6. The summed E-state index contributed by atoms with van der Waals surface area (Å²) in [6.45, 7) is 6.81. The van der Waals surface area contributed by atoms with E-state index < -0.39 is 5.97 Å². The van der Waals surface area contributed by atoms with Gasteiger partial charge in [0.05, 0.1) is 0 Å². The predicted molar refractivity (Wildman–Crippen MR) is 239 cm³/mol. The molecule has 0 unspecified atom stereocenters. The minimum Gasteiger partial charge on any atom is -0.481 e. The Morgan fingerprint density at radius 2 is 0.436 bits per heavy atom. The molecule has 0 saturated heterocycles. The number of carboxylic acid groups (broad SMARTS) is 1. The van der Waals surface area contributed by atoms with Gasteiger partial charge in [0.2, 0.25) is 0 Å². The number of carbonyl (C=O) groups is 3. The second kappa shape index (κ2) is 50.6. The molecule has 0 bridgehead atoms. The highest BCUT2D eigenvalue weighted by molar-refractivity contribution is 5.85. The Morgan fingerprint density at radius 1 is 0.273 bits per heavy atom. The monoisotopic (exact) mass is 779 g/mol. The lowest BCUT2D eigenvalue weighted by atomic mass is 10.0. The molecule has 0 aromatic carbocycles. The molecule has 0 atom stereocenters. The van der Waals surface area contributed by atoms with Crippen LogP contribution in [-0.4, -0.2) is 23.0 Å². The molecule has 0 heterocycles. The van der Waals surface area contributed by atoms with Gasteiger partial charge in [-0.15, -0.1) is 0 Å². The van der Waals surface area contributed by atoms with Crippen molar-refractivity contribution in [2.75, 3.05) is 0 Å². The maximum absolute atomic E-state index is 11.9. The average molecular weight is 779 g/mol. The van der Waals surface area contributed by atoms with Gasteiger partial charge in [0.1, 0.15) is 0 Å². The van der Waals surface area contributed by atoms with Crippen molar-refractivity contribution in [1.82, 2.24) is 0 Å². The van der Waals surface area contributed by atoms with Gasteiger partial charge in [-0.3, -0.25) is 14.4 Å². The first-order chi connectivity index (χ1) is 27.0. The summed E-state index contributed by atoms with van der Waals surface area (Å²) in [5.74, 6) is -1.30. The largest absolute Gasteiger partial charge is 0.481 e. The molecule has 55 heavy (non-hydrogen) atoms. The van der Waals surface area contributed by atoms with Crippen LogP contribution in [0.3, 0.4) is 0 Å². The lowest BCUT2D eigenvalue weighted by Crippen LogP contribution is -2.11. The third kappa shape index (κ3) is 54.8. The number of ether oxygens (including phenoxy) is 1. The van der Waals surface area contributed by atoms with E-state index in [1.54, 1.807) is 0 Å². The van der Waals surface area contributed by atoms with E-state index in [0.717, 1.165) is 38.5 Å². The van der Waals surface area contributed by atoms with Gasteiger partial charge in [0.15, 0.2) is 0 Å².